The number of hydrogen-bond donors (Lipinski definition) is 0. The number of ether oxygens (including phenoxy) is 1. The fraction of sp³-hybridized carbons (Fsp3) is 0.333. The molecule has 0 saturated carbocycles. The van der Waals surface area contributed by atoms with Crippen molar-refractivity contribution in [3.05, 3.63) is 77.4 Å². The number of benzene rings is 2. The molecule has 0 unspecified atom stereocenters. The lowest BCUT2D eigenvalue weighted by atomic mass is 9.96. The summed E-state index contributed by atoms with van der Waals surface area (Å²) in [6, 6.07) is 17.7. The van der Waals surface area contributed by atoms with Crippen molar-refractivity contribution < 1.29 is 14.3 Å². The highest BCUT2D eigenvalue weighted by molar-refractivity contribution is 6.34. The summed E-state index contributed by atoms with van der Waals surface area (Å²) in [5.74, 6) is 1.54. The zero-order valence-corrected chi connectivity index (χ0v) is 21.3. The van der Waals surface area contributed by atoms with E-state index in [9.17, 15) is 9.59 Å². The Morgan fingerprint density at radius 2 is 1.78 bits per heavy atom. The van der Waals surface area contributed by atoms with Gasteiger partial charge in [0.15, 0.2) is 5.82 Å². The molecule has 2 aromatic carbocycles. The molecule has 1 saturated heterocycles. The molecule has 8 nitrogen and oxygen atoms in total. The standard InChI is InChI=1S/C27H30ClN5O3/c1-31(25-8-5-15-29-30-25)18-20-13-16-32(17-14-20)26(34)19-33(24-7-4-3-6-23(24)28)27(35)21-9-11-22(36-2)12-10-21/h3-12,15,20H,13-14,16-19H2,1-2H3. The molecule has 2 amide bonds. The smallest absolute Gasteiger partial charge is 0.258 e. The summed E-state index contributed by atoms with van der Waals surface area (Å²) in [5.41, 5.74) is 0.961. The van der Waals surface area contributed by atoms with E-state index in [-0.39, 0.29) is 18.4 Å². The minimum atomic E-state index is -0.292. The Balaban J connectivity index is 1.42. The Morgan fingerprint density at radius 3 is 2.42 bits per heavy atom. The number of carbonyl (C=O) groups is 2. The first-order chi connectivity index (χ1) is 17.5. The van der Waals surface area contributed by atoms with Crippen molar-refractivity contribution in [1.29, 1.82) is 0 Å². The van der Waals surface area contributed by atoms with Crippen LogP contribution in [0, 0.1) is 5.92 Å². The average Bonchev–Trinajstić information content (AvgIpc) is 2.92. The first kappa shape index (κ1) is 25.4. The molecule has 0 N–H and O–H groups in total. The van der Waals surface area contributed by atoms with Gasteiger partial charge in [0, 0.05) is 38.4 Å². The van der Waals surface area contributed by atoms with Gasteiger partial charge in [-0.2, -0.15) is 5.10 Å². The van der Waals surface area contributed by atoms with E-state index in [1.54, 1.807) is 61.8 Å². The first-order valence-electron chi connectivity index (χ1n) is 11.9. The molecule has 2 heterocycles. The number of para-hydroxylation sites is 1. The summed E-state index contributed by atoms with van der Waals surface area (Å²) in [7, 11) is 3.58. The second kappa shape index (κ2) is 11.9. The molecule has 36 heavy (non-hydrogen) atoms. The number of piperidine rings is 1. The van der Waals surface area contributed by atoms with Crippen LogP contribution in [0.15, 0.2) is 66.9 Å². The van der Waals surface area contributed by atoms with Gasteiger partial charge in [-0.1, -0.05) is 23.7 Å². The van der Waals surface area contributed by atoms with E-state index < -0.39 is 0 Å². The zero-order valence-electron chi connectivity index (χ0n) is 20.5. The van der Waals surface area contributed by atoms with Crippen molar-refractivity contribution in [3.8, 4) is 5.75 Å². The molecule has 1 aliphatic rings. The number of hydrogen-bond acceptors (Lipinski definition) is 6. The van der Waals surface area contributed by atoms with Crippen LogP contribution in [0.25, 0.3) is 0 Å². The van der Waals surface area contributed by atoms with E-state index in [1.165, 1.54) is 4.90 Å². The predicted octanol–water partition coefficient (Wildman–Crippen LogP) is 4.16. The molecule has 188 valence electrons. The second-order valence-electron chi connectivity index (χ2n) is 8.86. The van der Waals surface area contributed by atoms with E-state index in [4.69, 9.17) is 16.3 Å². The average molecular weight is 508 g/mol. The summed E-state index contributed by atoms with van der Waals surface area (Å²) in [4.78, 5) is 32.2. The van der Waals surface area contributed by atoms with Crippen molar-refractivity contribution in [1.82, 2.24) is 15.1 Å². The number of methoxy groups -OCH3 is 1. The molecule has 1 aliphatic heterocycles. The van der Waals surface area contributed by atoms with E-state index in [0.717, 1.165) is 25.2 Å². The third-order valence-corrected chi connectivity index (χ3v) is 6.79. The maximum Gasteiger partial charge on any atom is 0.258 e. The Bertz CT molecular complexity index is 1170. The van der Waals surface area contributed by atoms with Crippen LogP contribution in [0.1, 0.15) is 23.2 Å². The number of amides is 2. The number of nitrogens with zero attached hydrogens (tertiary/aromatic N) is 5. The first-order valence-corrected chi connectivity index (χ1v) is 12.3. The summed E-state index contributed by atoms with van der Waals surface area (Å²) in [5, 5.41) is 8.52. The predicted molar refractivity (Wildman–Crippen MR) is 141 cm³/mol. The number of likely N-dealkylation sites (tertiary alicyclic amines) is 1. The topological polar surface area (TPSA) is 78.9 Å². The summed E-state index contributed by atoms with van der Waals surface area (Å²) < 4.78 is 5.20. The normalized spacial score (nSPS) is 13.8. The SMILES string of the molecule is COc1ccc(C(=O)N(CC(=O)N2CCC(CN(C)c3cccnn3)CC2)c2ccccc2Cl)cc1. The van der Waals surface area contributed by atoms with Gasteiger partial charge in [-0.05, 0) is 67.3 Å². The Kier molecular flexibility index (Phi) is 8.38. The quantitative estimate of drug-likeness (QED) is 0.455. The van der Waals surface area contributed by atoms with Gasteiger partial charge in [-0.15, -0.1) is 5.10 Å². The van der Waals surface area contributed by atoms with Gasteiger partial charge in [0.2, 0.25) is 5.91 Å². The number of carbonyl (C=O) groups excluding carboxylic acids is 2. The number of halogens is 1. The molecule has 0 aliphatic carbocycles. The Labute approximate surface area is 216 Å². The Morgan fingerprint density at radius 1 is 1.06 bits per heavy atom. The van der Waals surface area contributed by atoms with Crippen LogP contribution >= 0.6 is 11.6 Å². The zero-order chi connectivity index (χ0) is 25.5. The molecule has 3 aromatic rings. The third-order valence-electron chi connectivity index (χ3n) is 6.47. The molecule has 0 atom stereocenters. The van der Waals surface area contributed by atoms with Crippen LogP contribution in [0.2, 0.25) is 5.02 Å². The Hall–Kier alpha value is -3.65. The highest BCUT2D eigenvalue weighted by atomic mass is 35.5. The fourth-order valence-electron chi connectivity index (χ4n) is 4.40. The van der Waals surface area contributed by atoms with Crippen LogP contribution in [0.4, 0.5) is 11.5 Å². The van der Waals surface area contributed by atoms with E-state index in [2.05, 4.69) is 15.1 Å². The highest BCUT2D eigenvalue weighted by Crippen LogP contribution is 2.28. The maximum atomic E-state index is 13.5. The minimum absolute atomic E-state index is 0.0846. The lowest BCUT2D eigenvalue weighted by Gasteiger charge is -2.35. The van der Waals surface area contributed by atoms with Crippen molar-refractivity contribution in [2.24, 2.45) is 5.92 Å². The highest BCUT2D eigenvalue weighted by Gasteiger charge is 2.28. The molecule has 9 heteroatoms. The van der Waals surface area contributed by atoms with Gasteiger partial charge < -0.3 is 14.5 Å². The number of rotatable bonds is 8. The monoisotopic (exact) mass is 507 g/mol. The van der Waals surface area contributed by atoms with Crippen molar-refractivity contribution >= 4 is 34.9 Å². The van der Waals surface area contributed by atoms with Crippen LogP contribution < -0.4 is 14.5 Å². The van der Waals surface area contributed by atoms with Gasteiger partial charge in [0.1, 0.15) is 12.3 Å². The molecule has 0 bridgehead atoms. The summed E-state index contributed by atoms with van der Waals surface area (Å²) in [6.07, 6.45) is 3.43. The lowest BCUT2D eigenvalue weighted by Crippen LogP contribution is -2.47. The van der Waals surface area contributed by atoms with Gasteiger partial charge in [0.25, 0.3) is 5.91 Å². The van der Waals surface area contributed by atoms with Gasteiger partial charge >= 0.3 is 0 Å². The fourth-order valence-corrected chi connectivity index (χ4v) is 4.64. The number of aromatic nitrogens is 2. The van der Waals surface area contributed by atoms with Gasteiger partial charge in [-0.25, -0.2) is 0 Å². The molecule has 0 radical (unpaired) electrons. The van der Waals surface area contributed by atoms with Crippen LogP contribution in [0.5, 0.6) is 5.75 Å². The third kappa shape index (κ3) is 6.12. The van der Waals surface area contributed by atoms with Crippen molar-refractivity contribution in [3.63, 3.8) is 0 Å². The molecule has 4 rings (SSSR count). The summed E-state index contributed by atoms with van der Waals surface area (Å²) in [6.45, 7) is 2.05. The van der Waals surface area contributed by atoms with Crippen LogP contribution in [0.3, 0.4) is 0 Å². The lowest BCUT2D eigenvalue weighted by molar-refractivity contribution is -0.131. The van der Waals surface area contributed by atoms with Gasteiger partial charge in [0.05, 0.1) is 17.8 Å². The molecule has 0 spiro atoms. The van der Waals surface area contributed by atoms with Crippen molar-refractivity contribution in [2.45, 2.75) is 12.8 Å². The van der Waals surface area contributed by atoms with E-state index in [1.807, 2.05) is 24.1 Å². The van der Waals surface area contributed by atoms with Crippen molar-refractivity contribution in [2.75, 3.05) is 50.1 Å². The molecule has 1 fully saturated rings. The van der Waals surface area contributed by atoms with E-state index >= 15 is 0 Å². The van der Waals surface area contributed by atoms with E-state index in [0.29, 0.717) is 41.0 Å². The van der Waals surface area contributed by atoms with Crippen LogP contribution in [-0.2, 0) is 4.79 Å². The molecule has 1 aromatic heterocycles. The van der Waals surface area contributed by atoms with Gasteiger partial charge in [-0.3, -0.25) is 14.5 Å². The maximum absolute atomic E-state index is 13.5. The minimum Gasteiger partial charge on any atom is -0.497 e. The second-order valence-corrected chi connectivity index (χ2v) is 9.26. The largest absolute Gasteiger partial charge is 0.497 e. The molecular formula is C27H30ClN5O3. The van der Waals surface area contributed by atoms with Crippen LogP contribution in [-0.4, -0.2) is 67.2 Å². The summed E-state index contributed by atoms with van der Waals surface area (Å²) >= 11 is 6.43. The molecular weight excluding hydrogens is 478 g/mol. The number of anilines is 2.